The van der Waals surface area contributed by atoms with E-state index in [-0.39, 0.29) is 23.8 Å². The first-order valence-corrected chi connectivity index (χ1v) is 5.52. The molecule has 0 bridgehead atoms. The molecule has 1 rings (SSSR count). The van der Waals surface area contributed by atoms with Crippen LogP contribution in [0.1, 0.15) is 0 Å². The fourth-order valence-corrected chi connectivity index (χ4v) is 1.44. The van der Waals surface area contributed by atoms with Gasteiger partial charge in [-0.15, -0.1) is 0 Å². The van der Waals surface area contributed by atoms with E-state index < -0.39 is 16.7 Å². The molecule has 0 radical (unpaired) electrons. The molecule has 102 valence electrons. The summed E-state index contributed by atoms with van der Waals surface area (Å²) in [7, 11) is 0. The van der Waals surface area contributed by atoms with Gasteiger partial charge in [0.15, 0.2) is 0 Å². The van der Waals surface area contributed by atoms with Gasteiger partial charge in [0.05, 0.1) is 18.0 Å². The molecule has 0 aromatic heterocycles. The zero-order valence-corrected chi connectivity index (χ0v) is 10.4. The van der Waals surface area contributed by atoms with Crippen molar-refractivity contribution < 1.29 is 14.5 Å². The lowest BCUT2D eigenvalue weighted by Gasteiger charge is -2.06. The quantitative estimate of drug-likeness (QED) is 0.528. The maximum atomic E-state index is 11.4. The molecule has 0 spiro atoms. The Hall–Kier alpha value is -2.19. The van der Waals surface area contributed by atoms with Gasteiger partial charge >= 0.3 is 0 Å². The molecule has 0 fully saturated rings. The molecule has 4 N–H and O–H groups in total. The van der Waals surface area contributed by atoms with E-state index in [4.69, 9.17) is 17.3 Å². The second-order valence-electron chi connectivity index (χ2n) is 3.45. The molecule has 0 saturated carbocycles. The summed E-state index contributed by atoms with van der Waals surface area (Å²) >= 11 is 5.68. The third-order valence-electron chi connectivity index (χ3n) is 2.06. The Kier molecular flexibility index (Phi) is 5.22. The molecule has 1 aromatic carbocycles. The summed E-state index contributed by atoms with van der Waals surface area (Å²) in [6.07, 6.45) is 0. The Balaban J connectivity index is 2.63. The third kappa shape index (κ3) is 4.53. The predicted molar refractivity (Wildman–Crippen MR) is 68.8 cm³/mol. The van der Waals surface area contributed by atoms with E-state index in [2.05, 4.69) is 10.6 Å². The summed E-state index contributed by atoms with van der Waals surface area (Å²) in [5.41, 5.74) is 5.09. The number of halogens is 1. The van der Waals surface area contributed by atoms with E-state index in [0.717, 1.165) is 0 Å². The number of hydrogen-bond acceptors (Lipinski definition) is 5. The maximum absolute atomic E-state index is 11.4. The van der Waals surface area contributed by atoms with E-state index in [1.165, 1.54) is 18.2 Å². The van der Waals surface area contributed by atoms with E-state index in [9.17, 15) is 19.7 Å². The van der Waals surface area contributed by atoms with Gasteiger partial charge in [-0.2, -0.15) is 0 Å². The molecule has 0 atom stereocenters. The van der Waals surface area contributed by atoms with Crippen LogP contribution in [-0.2, 0) is 9.59 Å². The lowest BCUT2D eigenvalue weighted by atomic mass is 10.3. The average molecular weight is 287 g/mol. The second-order valence-corrected chi connectivity index (χ2v) is 3.86. The highest BCUT2D eigenvalue weighted by atomic mass is 35.5. The van der Waals surface area contributed by atoms with Gasteiger partial charge in [0, 0.05) is 11.8 Å². The van der Waals surface area contributed by atoms with Crippen molar-refractivity contribution in [1.29, 1.82) is 0 Å². The number of nitrogens with zero attached hydrogens (tertiary/aromatic N) is 1. The first-order chi connectivity index (χ1) is 8.93. The minimum absolute atomic E-state index is 0.0891. The van der Waals surface area contributed by atoms with E-state index in [1.807, 2.05) is 0 Å². The van der Waals surface area contributed by atoms with Gasteiger partial charge in [-0.25, -0.2) is 0 Å². The van der Waals surface area contributed by atoms with Crippen LogP contribution in [-0.4, -0.2) is 29.8 Å². The van der Waals surface area contributed by atoms with Gasteiger partial charge in [-0.1, -0.05) is 11.6 Å². The number of benzene rings is 1. The minimum atomic E-state index is -0.630. The van der Waals surface area contributed by atoms with Crippen LogP contribution in [0.15, 0.2) is 18.2 Å². The number of carbonyl (C=O) groups is 2. The number of carbonyl (C=O) groups excluding carboxylic acids is 2. The van der Waals surface area contributed by atoms with Crippen LogP contribution in [0.2, 0.25) is 5.02 Å². The Bertz CT molecular complexity index is 520. The van der Waals surface area contributed by atoms with Gasteiger partial charge < -0.3 is 16.4 Å². The van der Waals surface area contributed by atoms with Crippen molar-refractivity contribution in [3.63, 3.8) is 0 Å². The minimum Gasteiger partial charge on any atom is -0.346 e. The highest BCUT2D eigenvalue weighted by Gasteiger charge is 2.13. The summed E-state index contributed by atoms with van der Waals surface area (Å²) in [5.74, 6) is -0.955. The van der Waals surface area contributed by atoms with Crippen molar-refractivity contribution in [3.8, 4) is 0 Å². The van der Waals surface area contributed by atoms with E-state index >= 15 is 0 Å². The molecule has 0 saturated heterocycles. The molecule has 8 nitrogen and oxygen atoms in total. The largest absolute Gasteiger partial charge is 0.346 e. The number of hydrogen-bond donors (Lipinski definition) is 3. The molecular weight excluding hydrogens is 276 g/mol. The monoisotopic (exact) mass is 286 g/mol. The van der Waals surface area contributed by atoms with Crippen LogP contribution in [0, 0.1) is 10.1 Å². The Morgan fingerprint density at radius 3 is 2.58 bits per heavy atom. The zero-order chi connectivity index (χ0) is 14.4. The van der Waals surface area contributed by atoms with Crippen LogP contribution in [0.25, 0.3) is 0 Å². The molecule has 2 amide bonds. The van der Waals surface area contributed by atoms with Crippen LogP contribution >= 0.6 is 11.6 Å². The fraction of sp³-hybridized carbons (Fsp3) is 0.200. The van der Waals surface area contributed by atoms with Gasteiger partial charge in [-0.05, 0) is 12.1 Å². The highest BCUT2D eigenvalue weighted by Crippen LogP contribution is 2.26. The lowest BCUT2D eigenvalue weighted by Crippen LogP contribution is -2.36. The number of nitrogens with one attached hydrogen (secondary N) is 2. The normalized spacial score (nSPS) is 9.79. The number of nitro benzene ring substituents is 1. The molecule has 0 aliphatic carbocycles. The van der Waals surface area contributed by atoms with Crippen LogP contribution in [0.4, 0.5) is 11.4 Å². The smallest absolute Gasteiger partial charge is 0.288 e. The molecule has 19 heavy (non-hydrogen) atoms. The number of amides is 2. The predicted octanol–water partition coefficient (Wildman–Crippen LogP) is 0.262. The molecular formula is C10H11ClN4O4. The zero-order valence-electron chi connectivity index (χ0n) is 9.68. The van der Waals surface area contributed by atoms with Crippen molar-refractivity contribution >= 4 is 34.8 Å². The van der Waals surface area contributed by atoms with E-state index in [1.54, 1.807) is 0 Å². The average Bonchev–Trinajstić information content (AvgIpc) is 2.35. The third-order valence-corrected chi connectivity index (χ3v) is 2.36. The Labute approximate surface area is 113 Å². The second kappa shape index (κ2) is 6.66. The number of nitrogens with two attached hydrogens (primary N) is 1. The molecule has 0 aliphatic rings. The summed E-state index contributed by atoms with van der Waals surface area (Å²) in [6.45, 7) is -0.457. The maximum Gasteiger partial charge on any atom is 0.288 e. The molecule has 0 aliphatic heterocycles. The van der Waals surface area contributed by atoms with Crippen LogP contribution < -0.4 is 16.4 Å². The number of rotatable bonds is 5. The first-order valence-electron chi connectivity index (χ1n) is 5.14. The summed E-state index contributed by atoms with van der Waals surface area (Å²) < 4.78 is 0. The van der Waals surface area contributed by atoms with Gasteiger partial charge in [0.1, 0.15) is 5.02 Å². The molecule has 0 heterocycles. The van der Waals surface area contributed by atoms with Crippen LogP contribution in [0.5, 0.6) is 0 Å². The van der Waals surface area contributed by atoms with Crippen molar-refractivity contribution in [3.05, 3.63) is 33.3 Å². The number of nitro groups is 1. The Morgan fingerprint density at radius 1 is 1.37 bits per heavy atom. The summed E-state index contributed by atoms with van der Waals surface area (Å²) in [4.78, 5) is 32.2. The lowest BCUT2D eigenvalue weighted by molar-refractivity contribution is -0.384. The van der Waals surface area contributed by atoms with Crippen molar-refractivity contribution in [2.45, 2.75) is 0 Å². The fourth-order valence-electron chi connectivity index (χ4n) is 1.19. The highest BCUT2D eigenvalue weighted by molar-refractivity contribution is 6.33. The van der Waals surface area contributed by atoms with E-state index in [0.29, 0.717) is 5.69 Å². The van der Waals surface area contributed by atoms with Gasteiger partial charge in [0.25, 0.3) is 5.69 Å². The van der Waals surface area contributed by atoms with Crippen molar-refractivity contribution in [2.75, 3.05) is 18.4 Å². The molecule has 0 unspecified atom stereocenters. The van der Waals surface area contributed by atoms with Gasteiger partial charge in [0.2, 0.25) is 11.8 Å². The van der Waals surface area contributed by atoms with Crippen LogP contribution in [0.3, 0.4) is 0 Å². The topological polar surface area (TPSA) is 127 Å². The summed E-state index contributed by atoms with van der Waals surface area (Å²) in [5, 5.41) is 15.2. The summed E-state index contributed by atoms with van der Waals surface area (Å²) in [6, 6.07) is 3.77. The molecule has 9 heteroatoms. The molecule has 1 aromatic rings. The standard InChI is InChI=1S/C10H11ClN4O4/c11-7-3-6(1-2-8(7)15(18)19)14-10(17)5-13-9(16)4-12/h1-3H,4-5,12H2,(H,13,16)(H,14,17). The van der Waals surface area contributed by atoms with Gasteiger partial charge in [-0.3, -0.25) is 19.7 Å². The van der Waals surface area contributed by atoms with Crippen molar-refractivity contribution in [2.24, 2.45) is 5.73 Å². The first kappa shape index (κ1) is 14.9. The number of anilines is 1. The van der Waals surface area contributed by atoms with Crippen molar-refractivity contribution in [1.82, 2.24) is 5.32 Å². The Morgan fingerprint density at radius 2 is 2.05 bits per heavy atom. The SMILES string of the molecule is NCC(=O)NCC(=O)Nc1ccc([N+](=O)[O-])c(Cl)c1.